The number of urea groups is 1. The van der Waals surface area contributed by atoms with Crippen LogP contribution in [0.25, 0.3) is 0 Å². The summed E-state index contributed by atoms with van der Waals surface area (Å²) in [5, 5.41) is 5.71. The van der Waals surface area contributed by atoms with Gasteiger partial charge in [0.15, 0.2) is 0 Å². The van der Waals surface area contributed by atoms with Crippen LogP contribution in [0.4, 0.5) is 10.5 Å². The number of benzene rings is 1. The summed E-state index contributed by atoms with van der Waals surface area (Å²) in [6.07, 6.45) is 0. The number of carbonyl (C=O) groups is 2. The number of hydrogen-bond donors (Lipinski definition) is 2. The number of anilines is 1. The highest BCUT2D eigenvalue weighted by molar-refractivity contribution is 7.09. The lowest BCUT2D eigenvalue weighted by Gasteiger charge is -2.22. The average Bonchev–Trinajstić information content (AvgIpc) is 3.14. The first-order chi connectivity index (χ1) is 13.4. The molecule has 11 heteroatoms. The number of halogens is 2. The van der Waals surface area contributed by atoms with Gasteiger partial charge in [0.2, 0.25) is 0 Å². The molecular weight excluding hydrogens is 427 g/mol. The Morgan fingerprint density at radius 3 is 2.75 bits per heavy atom. The molecule has 0 unspecified atom stereocenters. The maximum atomic E-state index is 12.7. The molecule has 0 radical (unpaired) electrons. The molecule has 1 aromatic carbocycles. The molecule has 2 rings (SSSR count). The van der Waals surface area contributed by atoms with E-state index in [1.807, 2.05) is 0 Å². The molecule has 0 aliphatic heterocycles. The Bertz CT molecular complexity index is 818. The van der Waals surface area contributed by atoms with Gasteiger partial charge >= 0.3 is 6.03 Å². The van der Waals surface area contributed by atoms with Crippen molar-refractivity contribution in [1.29, 1.82) is 0 Å². The molecule has 1 heterocycles. The van der Waals surface area contributed by atoms with Crippen LogP contribution in [0.15, 0.2) is 23.6 Å². The highest BCUT2D eigenvalue weighted by Gasteiger charge is 2.18. The summed E-state index contributed by atoms with van der Waals surface area (Å²) >= 11 is 13.2. The molecule has 0 aliphatic carbocycles. The fraction of sp³-hybridized carbons (Fsp3) is 0.353. The number of methoxy groups -OCH3 is 1. The third kappa shape index (κ3) is 6.61. The molecule has 28 heavy (non-hydrogen) atoms. The van der Waals surface area contributed by atoms with Crippen LogP contribution >= 0.6 is 34.5 Å². The van der Waals surface area contributed by atoms with E-state index in [1.54, 1.807) is 37.6 Å². The van der Waals surface area contributed by atoms with Gasteiger partial charge in [-0.05, 0) is 25.1 Å². The zero-order valence-electron chi connectivity index (χ0n) is 15.3. The SMILES string of the molecule is CCONC(=O)c1csc(CN(CCOC)C(=O)Nc2ccc(Cl)c(Cl)c2)n1. The molecular formula is C17H20Cl2N4O4S. The highest BCUT2D eigenvalue weighted by Crippen LogP contribution is 2.25. The van der Waals surface area contributed by atoms with Gasteiger partial charge in [-0.25, -0.2) is 15.3 Å². The molecule has 2 aromatic rings. The minimum atomic E-state index is -0.437. The Morgan fingerprint density at radius 1 is 1.29 bits per heavy atom. The van der Waals surface area contributed by atoms with Crippen molar-refractivity contribution in [3.05, 3.63) is 44.3 Å². The van der Waals surface area contributed by atoms with Crippen LogP contribution < -0.4 is 10.8 Å². The lowest BCUT2D eigenvalue weighted by atomic mass is 10.3. The number of hydroxylamine groups is 1. The van der Waals surface area contributed by atoms with Gasteiger partial charge in [0.1, 0.15) is 10.7 Å². The first kappa shape index (κ1) is 22.4. The average molecular weight is 447 g/mol. The van der Waals surface area contributed by atoms with Gasteiger partial charge in [0.25, 0.3) is 5.91 Å². The molecule has 0 atom stereocenters. The van der Waals surface area contributed by atoms with E-state index in [4.69, 9.17) is 32.8 Å². The second-order valence-corrected chi connectivity index (χ2v) is 7.22. The van der Waals surface area contributed by atoms with E-state index in [0.717, 1.165) is 0 Å². The summed E-state index contributed by atoms with van der Waals surface area (Å²) in [6.45, 7) is 3.00. The molecule has 0 saturated carbocycles. The van der Waals surface area contributed by atoms with E-state index in [2.05, 4.69) is 15.8 Å². The van der Waals surface area contributed by atoms with Crippen molar-refractivity contribution in [2.45, 2.75) is 13.5 Å². The molecule has 0 spiro atoms. The minimum Gasteiger partial charge on any atom is -0.383 e. The molecule has 0 fully saturated rings. The summed E-state index contributed by atoms with van der Waals surface area (Å²) in [7, 11) is 1.55. The smallest absolute Gasteiger partial charge is 0.322 e. The zero-order chi connectivity index (χ0) is 20.5. The van der Waals surface area contributed by atoms with Gasteiger partial charge < -0.3 is 15.0 Å². The number of rotatable bonds is 9. The number of nitrogens with zero attached hydrogens (tertiary/aromatic N) is 2. The van der Waals surface area contributed by atoms with E-state index < -0.39 is 5.91 Å². The molecule has 2 N–H and O–H groups in total. The largest absolute Gasteiger partial charge is 0.383 e. The number of aromatic nitrogens is 1. The maximum Gasteiger partial charge on any atom is 0.322 e. The molecule has 152 valence electrons. The van der Waals surface area contributed by atoms with Gasteiger partial charge in [0, 0.05) is 24.7 Å². The Hall–Kier alpha value is -1.91. The fourth-order valence-corrected chi connectivity index (χ4v) is 3.16. The summed E-state index contributed by atoms with van der Waals surface area (Å²) in [6, 6.07) is 4.46. The Morgan fingerprint density at radius 2 is 2.07 bits per heavy atom. The zero-order valence-corrected chi connectivity index (χ0v) is 17.7. The molecule has 8 nitrogen and oxygen atoms in total. The van der Waals surface area contributed by atoms with E-state index in [-0.39, 0.29) is 18.3 Å². The van der Waals surface area contributed by atoms with E-state index in [0.29, 0.717) is 40.5 Å². The van der Waals surface area contributed by atoms with Crippen molar-refractivity contribution in [2.24, 2.45) is 0 Å². The van der Waals surface area contributed by atoms with Crippen LogP contribution in [0.3, 0.4) is 0 Å². The summed E-state index contributed by atoms with van der Waals surface area (Å²) in [4.78, 5) is 35.2. The van der Waals surface area contributed by atoms with Crippen LogP contribution in [0.1, 0.15) is 22.4 Å². The molecule has 1 aromatic heterocycles. The number of carbonyl (C=O) groups excluding carboxylic acids is 2. The highest BCUT2D eigenvalue weighted by atomic mass is 35.5. The summed E-state index contributed by atoms with van der Waals surface area (Å²) in [5.41, 5.74) is 3.02. The van der Waals surface area contributed by atoms with Crippen LogP contribution in [0.2, 0.25) is 10.0 Å². The van der Waals surface area contributed by atoms with Gasteiger partial charge in [-0.2, -0.15) is 0 Å². The van der Waals surface area contributed by atoms with Crippen molar-refractivity contribution in [2.75, 3.05) is 32.2 Å². The van der Waals surface area contributed by atoms with E-state index in [9.17, 15) is 9.59 Å². The maximum absolute atomic E-state index is 12.7. The molecule has 0 saturated heterocycles. The second-order valence-electron chi connectivity index (χ2n) is 5.46. The van der Waals surface area contributed by atoms with Crippen molar-refractivity contribution in [3.63, 3.8) is 0 Å². The second kappa shape index (κ2) is 11.2. The van der Waals surface area contributed by atoms with Crippen molar-refractivity contribution in [1.82, 2.24) is 15.4 Å². The third-order valence-corrected chi connectivity index (χ3v) is 5.02. The lowest BCUT2D eigenvalue weighted by molar-refractivity contribution is 0.0360. The van der Waals surface area contributed by atoms with Crippen molar-refractivity contribution >= 4 is 52.2 Å². The first-order valence-corrected chi connectivity index (χ1v) is 9.94. The number of amides is 3. The third-order valence-electron chi connectivity index (χ3n) is 3.44. The van der Waals surface area contributed by atoms with Gasteiger partial charge in [-0.3, -0.25) is 9.63 Å². The van der Waals surface area contributed by atoms with Gasteiger partial charge in [0.05, 0.1) is 29.8 Å². The van der Waals surface area contributed by atoms with Crippen LogP contribution in [-0.4, -0.2) is 48.7 Å². The quantitative estimate of drug-likeness (QED) is 0.571. The van der Waals surface area contributed by atoms with E-state index in [1.165, 1.54) is 16.2 Å². The van der Waals surface area contributed by atoms with Crippen LogP contribution in [-0.2, 0) is 16.1 Å². The minimum absolute atomic E-state index is 0.211. The normalized spacial score (nSPS) is 10.6. The predicted molar refractivity (Wildman–Crippen MR) is 109 cm³/mol. The van der Waals surface area contributed by atoms with E-state index >= 15 is 0 Å². The van der Waals surface area contributed by atoms with Crippen LogP contribution in [0, 0.1) is 0 Å². The number of ether oxygens (including phenoxy) is 1. The monoisotopic (exact) mass is 446 g/mol. The standard InChI is InChI=1S/C17H20Cl2N4O4S/c1-3-27-22-16(24)14-10-28-15(21-14)9-23(6-7-26-2)17(25)20-11-4-5-12(18)13(19)8-11/h4-5,8,10H,3,6-7,9H2,1-2H3,(H,20,25)(H,22,24). The van der Waals surface area contributed by atoms with Gasteiger partial charge in [-0.15, -0.1) is 11.3 Å². The molecule has 0 aliphatic rings. The summed E-state index contributed by atoms with van der Waals surface area (Å²) < 4.78 is 5.08. The van der Waals surface area contributed by atoms with Gasteiger partial charge in [-0.1, -0.05) is 23.2 Å². The number of nitrogens with one attached hydrogen (secondary N) is 2. The van der Waals surface area contributed by atoms with Crippen molar-refractivity contribution in [3.8, 4) is 0 Å². The molecule has 3 amide bonds. The number of thiazole rings is 1. The fourth-order valence-electron chi connectivity index (χ4n) is 2.07. The van der Waals surface area contributed by atoms with Crippen molar-refractivity contribution < 1.29 is 19.2 Å². The Labute approximate surface area is 176 Å². The first-order valence-electron chi connectivity index (χ1n) is 8.31. The predicted octanol–water partition coefficient (Wildman–Crippen LogP) is 3.81. The number of hydrogen-bond acceptors (Lipinski definition) is 6. The Balaban J connectivity index is 2.06. The Kier molecular flexibility index (Phi) is 8.94. The topological polar surface area (TPSA) is 92.8 Å². The summed E-state index contributed by atoms with van der Waals surface area (Å²) in [5.74, 6) is -0.437. The lowest BCUT2D eigenvalue weighted by Crippen LogP contribution is -2.36. The molecule has 0 bridgehead atoms. The van der Waals surface area contributed by atoms with Crippen LogP contribution in [0.5, 0.6) is 0 Å².